The van der Waals surface area contributed by atoms with Crippen molar-refractivity contribution in [2.75, 3.05) is 12.4 Å². The lowest BCUT2D eigenvalue weighted by atomic mass is 10.2. The number of hydrogen-bond donors (Lipinski definition) is 0. The quantitative estimate of drug-likeness (QED) is 0.484. The molecule has 0 aliphatic rings. The van der Waals surface area contributed by atoms with E-state index in [1.807, 2.05) is 6.92 Å². The van der Waals surface area contributed by atoms with E-state index in [1.165, 1.54) is 0 Å². The summed E-state index contributed by atoms with van der Waals surface area (Å²) in [4.78, 5) is 0. The average Bonchev–Trinajstić information content (AvgIpc) is 2.11. The molecule has 0 aliphatic heterocycles. The van der Waals surface area contributed by atoms with Crippen LogP contribution < -0.4 is 0 Å². The molecule has 0 radical (unpaired) electrons. The molecule has 0 saturated heterocycles. The Balaban J connectivity index is 4.07. The largest absolute Gasteiger partial charge is 0.372 e. The van der Waals surface area contributed by atoms with Crippen LogP contribution in [0, 0.1) is 0 Å². The lowest BCUT2D eigenvalue weighted by molar-refractivity contribution is -0.251. The molecule has 0 N–H and O–H groups in total. The van der Waals surface area contributed by atoms with Gasteiger partial charge in [0.1, 0.15) is 6.61 Å². The molecular formula is C9H16F4O4S. The fraction of sp³-hybridized carbons (Fsp3) is 1.00. The van der Waals surface area contributed by atoms with Gasteiger partial charge in [-0.2, -0.15) is 17.2 Å². The number of alkyl halides is 3. The molecule has 0 aromatic heterocycles. The molecule has 0 rings (SSSR count). The standard InChI is InChI=1S/C9H16F4O4S/c1-3-4-7(2)17-8(10)5-16-9(11,12)6-18(13,14)15/h7-8H,3-6H2,1-2H3. The van der Waals surface area contributed by atoms with Gasteiger partial charge >= 0.3 is 16.3 Å². The van der Waals surface area contributed by atoms with Crippen molar-refractivity contribution in [2.24, 2.45) is 0 Å². The van der Waals surface area contributed by atoms with Gasteiger partial charge in [0, 0.05) is 0 Å². The van der Waals surface area contributed by atoms with E-state index in [0.29, 0.717) is 6.42 Å². The minimum absolute atomic E-state index is 0.480. The topological polar surface area (TPSA) is 52.6 Å². The van der Waals surface area contributed by atoms with E-state index < -0.39 is 41.2 Å². The molecule has 9 heteroatoms. The van der Waals surface area contributed by atoms with Gasteiger partial charge in [0.05, 0.1) is 6.10 Å². The third kappa shape index (κ3) is 9.60. The second kappa shape index (κ2) is 7.25. The molecule has 18 heavy (non-hydrogen) atoms. The summed E-state index contributed by atoms with van der Waals surface area (Å²) in [6.45, 7) is 2.22. The molecule has 0 saturated carbocycles. The Morgan fingerprint density at radius 2 is 1.89 bits per heavy atom. The summed E-state index contributed by atoms with van der Waals surface area (Å²) in [5, 5.41) is 0. The Morgan fingerprint density at radius 3 is 2.33 bits per heavy atom. The highest BCUT2D eigenvalue weighted by Crippen LogP contribution is 2.20. The summed E-state index contributed by atoms with van der Waals surface area (Å²) < 4.78 is 78.8. The fourth-order valence-electron chi connectivity index (χ4n) is 1.20. The van der Waals surface area contributed by atoms with E-state index in [9.17, 15) is 25.5 Å². The Kier molecular flexibility index (Phi) is 7.08. The highest BCUT2D eigenvalue weighted by atomic mass is 32.3. The van der Waals surface area contributed by atoms with Crippen molar-refractivity contribution < 1.29 is 34.9 Å². The zero-order valence-electron chi connectivity index (χ0n) is 10.0. The van der Waals surface area contributed by atoms with Crippen molar-refractivity contribution in [3.8, 4) is 0 Å². The second-order valence-electron chi connectivity index (χ2n) is 3.78. The van der Waals surface area contributed by atoms with Gasteiger partial charge in [-0.1, -0.05) is 13.3 Å². The summed E-state index contributed by atoms with van der Waals surface area (Å²) >= 11 is 0. The monoisotopic (exact) mass is 296 g/mol. The lowest BCUT2D eigenvalue weighted by Gasteiger charge is -2.19. The summed E-state index contributed by atoms with van der Waals surface area (Å²) in [6, 6.07) is 0. The van der Waals surface area contributed by atoms with E-state index >= 15 is 0 Å². The van der Waals surface area contributed by atoms with Crippen LogP contribution in [0.3, 0.4) is 0 Å². The van der Waals surface area contributed by atoms with Crippen LogP contribution in [-0.2, 0) is 19.7 Å². The van der Waals surface area contributed by atoms with Crippen LogP contribution >= 0.6 is 0 Å². The third-order valence-electron chi connectivity index (χ3n) is 1.84. The smallest absolute Gasteiger partial charge is 0.343 e. The summed E-state index contributed by atoms with van der Waals surface area (Å²) in [5.74, 6) is -2.14. The van der Waals surface area contributed by atoms with Gasteiger partial charge < -0.3 is 9.47 Å². The SMILES string of the molecule is CCCC(C)OC(F)COC(F)(F)CS(=O)(=O)F. The van der Waals surface area contributed by atoms with E-state index in [4.69, 9.17) is 0 Å². The minimum atomic E-state index is -5.40. The highest BCUT2D eigenvalue weighted by molar-refractivity contribution is 7.86. The number of ether oxygens (including phenoxy) is 2. The summed E-state index contributed by atoms with van der Waals surface area (Å²) in [6.07, 6.45) is -5.62. The van der Waals surface area contributed by atoms with Crippen LogP contribution in [-0.4, -0.2) is 39.3 Å². The molecule has 0 aliphatic carbocycles. The van der Waals surface area contributed by atoms with E-state index in [2.05, 4.69) is 9.47 Å². The molecule has 0 spiro atoms. The van der Waals surface area contributed by atoms with E-state index in [0.717, 1.165) is 6.42 Å². The molecule has 110 valence electrons. The number of rotatable bonds is 9. The molecule has 0 heterocycles. The fourth-order valence-corrected chi connectivity index (χ4v) is 1.68. The highest BCUT2D eigenvalue weighted by Gasteiger charge is 2.38. The van der Waals surface area contributed by atoms with Gasteiger partial charge in [-0.15, -0.1) is 3.89 Å². The normalized spacial score (nSPS) is 16.6. The maximum Gasteiger partial charge on any atom is 0.372 e. The Labute approximate surface area is 103 Å². The molecule has 0 bridgehead atoms. The van der Waals surface area contributed by atoms with Gasteiger partial charge in [-0.3, -0.25) is 0 Å². The molecule has 2 atom stereocenters. The van der Waals surface area contributed by atoms with Gasteiger partial charge in [-0.25, -0.2) is 4.39 Å². The zero-order valence-corrected chi connectivity index (χ0v) is 10.9. The van der Waals surface area contributed by atoms with Crippen molar-refractivity contribution in [3.05, 3.63) is 0 Å². The average molecular weight is 296 g/mol. The molecule has 0 aromatic rings. The van der Waals surface area contributed by atoms with Crippen molar-refractivity contribution in [1.29, 1.82) is 0 Å². The van der Waals surface area contributed by atoms with Gasteiger partial charge in [0.2, 0.25) is 6.36 Å². The Morgan fingerprint density at radius 1 is 1.33 bits per heavy atom. The first kappa shape index (κ1) is 17.6. The first-order valence-electron chi connectivity index (χ1n) is 5.29. The van der Waals surface area contributed by atoms with Crippen LogP contribution in [0.25, 0.3) is 0 Å². The van der Waals surface area contributed by atoms with E-state index in [1.54, 1.807) is 6.92 Å². The first-order valence-corrected chi connectivity index (χ1v) is 6.84. The Bertz CT molecular complexity index is 333. The van der Waals surface area contributed by atoms with Crippen LogP contribution in [0.15, 0.2) is 0 Å². The van der Waals surface area contributed by atoms with Crippen LogP contribution in [0.1, 0.15) is 26.7 Å². The predicted molar refractivity (Wildman–Crippen MR) is 56.1 cm³/mol. The molecule has 0 fully saturated rings. The molecule has 2 unspecified atom stereocenters. The Hall–Kier alpha value is -0.410. The lowest BCUT2D eigenvalue weighted by Crippen LogP contribution is -2.33. The number of halogens is 4. The number of hydrogen-bond acceptors (Lipinski definition) is 4. The maximum atomic E-state index is 13.0. The molecule has 0 aromatic carbocycles. The van der Waals surface area contributed by atoms with E-state index in [-0.39, 0.29) is 0 Å². The zero-order chi connectivity index (χ0) is 14.4. The predicted octanol–water partition coefficient (Wildman–Crippen LogP) is 2.40. The summed E-state index contributed by atoms with van der Waals surface area (Å²) in [5.41, 5.74) is 0. The van der Waals surface area contributed by atoms with Crippen molar-refractivity contribution in [2.45, 2.75) is 45.3 Å². The van der Waals surface area contributed by atoms with Crippen molar-refractivity contribution in [3.63, 3.8) is 0 Å². The second-order valence-corrected chi connectivity index (χ2v) is 5.14. The van der Waals surface area contributed by atoms with Crippen molar-refractivity contribution in [1.82, 2.24) is 0 Å². The van der Waals surface area contributed by atoms with Gasteiger partial charge in [0.15, 0.2) is 5.75 Å². The van der Waals surface area contributed by atoms with Crippen molar-refractivity contribution >= 4 is 10.2 Å². The van der Waals surface area contributed by atoms with Crippen LogP contribution in [0.4, 0.5) is 17.1 Å². The maximum absolute atomic E-state index is 13.0. The van der Waals surface area contributed by atoms with Crippen LogP contribution in [0.2, 0.25) is 0 Å². The van der Waals surface area contributed by atoms with Crippen LogP contribution in [0.5, 0.6) is 0 Å². The van der Waals surface area contributed by atoms with Gasteiger partial charge in [-0.05, 0) is 13.3 Å². The molecule has 0 amide bonds. The minimum Gasteiger partial charge on any atom is -0.343 e. The summed E-state index contributed by atoms with van der Waals surface area (Å²) in [7, 11) is -5.40. The molecular weight excluding hydrogens is 280 g/mol. The molecule has 4 nitrogen and oxygen atoms in total. The first-order chi connectivity index (χ1) is 8.06. The third-order valence-corrected chi connectivity index (χ3v) is 2.52. The van der Waals surface area contributed by atoms with Gasteiger partial charge in [0.25, 0.3) is 0 Å².